The maximum Gasteiger partial charge on any atom is 0.302 e. The van der Waals surface area contributed by atoms with E-state index in [9.17, 15) is 9.59 Å². The van der Waals surface area contributed by atoms with E-state index >= 15 is 0 Å². The number of ether oxygens (including phenoxy) is 2. The predicted octanol–water partition coefficient (Wildman–Crippen LogP) is 2.49. The molecule has 4 nitrogen and oxygen atoms in total. The minimum Gasteiger partial charge on any atom is -0.462 e. The second-order valence-corrected chi connectivity index (χ2v) is 7.03. The quantitative estimate of drug-likeness (QED) is 0.576. The molecule has 0 N–H and O–H groups in total. The molecule has 20 heavy (non-hydrogen) atoms. The van der Waals surface area contributed by atoms with E-state index in [1.807, 2.05) is 0 Å². The Morgan fingerprint density at radius 2 is 1.90 bits per heavy atom. The van der Waals surface area contributed by atoms with E-state index < -0.39 is 0 Å². The van der Waals surface area contributed by atoms with E-state index in [0.717, 1.165) is 25.7 Å². The van der Waals surface area contributed by atoms with E-state index in [4.69, 9.17) is 9.47 Å². The van der Waals surface area contributed by atoms with Crippen LogP contribution >= 0.6 is 0 Å². The molecule has 0 aromatic heterocycles. The SMILES string of the molecule is CC(=O)O[C@H]1CC[C@]23O[C@H]2CC[C@H](C)[C@@]3(C)[C@H]1C(C)=O. The van der Waals surface area contributed by atoms with E-state index in [-0.39, 0.29) is 34.8 Å². The second-order valence-electron chi connectivity index (χ2n) is 7.03. The number of rotatable bonds is 2. The van der Waals surface area contributed by atoms with Gasteiger partial charge in [-0.1, -0.05) is 13.8 Å². The van der Waals surface area contributed by atoms with Gasteiger partial charge in [-0.15, -0.1) is 0 Å². The first kappa shape index (κ1) is 14.1. The molecular weight excluding hydrogens is 256 g/mol. The van der Waals surface area contributed by atoms with Crippen LogP contribution in [0.1, 0.15) is 53.4 Å². The summed E-state index contributed by atoms with van der Waals surface area (Å²) in [4.78, 5) is 23.7. The molecule has 0 amide bonds. The van der Waals surface area contributed by atoms with Gasteiger partial charge >= 0.3 is 5.97 Å². The van der Waals surface area contributed by atoms with Crippen LogP contribution in [0.2, 0.25) is 0 Å². The zero-order valence-electron chi connectivity index (χ0n) is 12.8. The molecule has 3 rings (SSSR count). The van der Waals surface area contributed by atoms with Gasteiger partial charge in [-0.25, -0.2) is 0 Å². The lowest BCUT2D eigenvalue weighted by Gasteiger charge is -2.53. The molecule has 3 fully saturated rings. The van der Waals surface area contributed by atoms with Gasteiger partial charge in [0.25, 0.3) is 0 Å². The van der Waals surface area contributed by atoms with Gasteiger partial charge in [0, 0.05) is 12.3 Å². The Balaban J connectivity index is 1.99. The molecule has 1 saturated heterocycles. The molecule has 2 saturated carbocycles. The van der Waals surface area contributed by atoms with Crippen LogP contribution in [-0.4, -0.2) is 29.6 Å². The minimum absolute atomic E-state index is 0.126. The van der Waals surface area contributed by atoms with Crippen LogP contribution in [0.3, 0.4) is 0 Å². The van der Waals surface area contributed by atoms with Gasteiger partial charge < -0.3 is 9.47 Å². The second kappa shape index (κ2) is 4.30. The predicted molar refractivity (Wildman–Crippen MR) is 73.1 cm³/mol. The number of esters is 1. The number of hydrogen-bond donors (Lipinski definition) is 0. The van der Waals surface area contributed by atoms with Gasteiger partial charge in [-0.05, 0) is 38.5 Å². The maximum absolute atomic E-state index is 12.3. The van der Waals surface area contributed by atoms with Crippen molar-refractivity contribution in [2.75, 3.05) is 0 Å². The van der Waals surface area contributed by atoms with Crippen molar-refractivity contribution in [1.82, 2.24) is 0 Å². The third kappa shape index (κ3) is 1.63. The van der Waals surface area contributed by atoms with Crippen LogP contribution in [0, 0.1) is 17.3 Å². The summed E-state index contributed by atoms with van der Waals surface area (Å²) in [5.74, 6) is 0.00677. The lowest BCUT2D eigenvalue weighted by Crippen LogP contribution is -2.60. The third-order valence-corrected chi connectivity index (χ3v) is 6.19. The highest BCUT2D eigenvalue weighted by Gasteiger charge is 2.75. The van der Waals surface area contributed by atoms with E-state index in [0.29, 0.717) is 12.0 Å². The summed E-state index contributed by atoms with van der Waals surface area (Å²) < 4.78 is 11.6. The zero-order chi connectivity index (χ0) is 14.7. The molecule has 1 spiro atoms. The number of epoxide rings is 1. The topological polar surface area (TPSA) is 55.9 Å². The monoisotopic (exact) mass is 280 g/mol. The highest BCUT2D eigenvalue weighted by molar-refractivity contribution is 5.81. The van der Waals surface area contributed by atoms with E-state index in [1.165, 1.54) is 6.92 Å². The molecule has 1 aliphatic heterocycles. The lowest BCUT2D eigenvalue weighted by atomic mass is 9.49. The smallest absolute Gasteiger partial charge is 0.302 e. The van der Waals surface area contributed by atoms with Crippen LogP contribution in [-0.2, 0) is 19.1 Å². The fraction of sp³-hybridized carbons (Fsp3) is 0.875. The van der Waals surface area contributed by atoms with Crippen molar-refractivity contribution in [2.24, 2.45) is 17.3 Å². The fourth-order valence-electron chi connectivity index (χ4n) is 5.10. The molecule has 3 aliphatic rings. The van der Waals surface area contributed by atoms with Crippen molar-refractivity contribution < 1.29 is 19.1 Å². The number of Topliss-reactive ketones (excluding diaryl/α,β-unsaturated/α-hetero) is 1. The van der Waals surface area contributed by atoms with E-state index in [2.05, 4.69) is 13.8 Å². The van der Waals surface area contributed by atoms with Gasteiger partial charge in [0.1, 0.15) is 17.5 Å². The molecule has 4 heteroatoms. The summed E-state index contributed by atoms with van der Waals surface area (Å²) >= 11 is 0. The van der Waals surface area contributed by atoms with Crippen molar-refractivity contribution in [3.05, 3.63) is 0 Å². The fourth-order valence-corrected chi connectivity index (χ4v) is 5.10. The molecule has 2 aliphatic carbocycles. The summed E-state index contributed by atoms with van der Waals surface area (Å²) in [7, 11) is 0. The van der Waals surface area contributed by atoms with Crippen LogP contribution in [0.5, 0.6) is 0 Å². The zero-order valence-corrected chi connectivity index (χ0v) is 12.8. The molecule has 1 heterocycles. The molecular formula is C16H24O4. The average molecular weight is 280 g/mol. The molecule has 0 radical (unpaired) electrons. The highest BCUT2D eigenvalue weighted by atomic mass is 16.6. The van der Waals surface area contributed by atoms with Crippen molar-refractivity contribution in [3.8, 4) is 0 Å². The first-order chi connectivity index (χ1) is 9.33. The normalized spacial score (nSPS) is 49.8. The van der Waals surface area contributed by atoms with Crippen molar-refractivity contribution in [3.63, 3.8) is 0 Å². The van der Waals surface area contributed by atoms with Crippen LogP contribution in [0.15, 0.2) is 0 Å². The summed E-state index contributed by atoms with van der Waals surface area (Å²) in [5, 5.41) is 0. The Hall–Kier alpha value is -0.900. The minimum atomic E-state index is -0.294. The number of carbonyl (C=O) groups is 2. The first-order valence-corrected chi connectivity index (χ1v) is 7.68. The van der Waals surface area contributed by atoms with Gasteiger partial charge in [-0.2, -0.15) is 0 Å². The Kier molecular flexibility index (Phi) is 3.02. The Labute approximate surface area is 120 Å². The van der Waals surface area contributed by atoms with E-state index in [1.54, 1.807) is 6.92 Å². The van der Waals surface area contributed by atoms with Crippen LogP contribution < -0.4 is 0 Å². The summed E-state index contributed by atoms with van der Waals surface area (Å²) in [5.41, 5.74) is -0.349. The lowest BCUT2D eigenvalue weighted by molar-refractivity contribution is -0.170. The van der Waals surface area contributed by atoms with Crippen molar-refractivity contribution in [1.29, 1.82) is 0 Å². The Bertz CT molecular complexity index is 459. The standard InChI is InChI=1S/C16H24O4/c1-9-5-6-13-16(20-13)8-7-12(19-11(3)18)14(10(2)17)15(9,16)4/h9,12-14H,5-8H2,1-4H3/t9-,12-,13-,14-,15-,16-/m0/s1. The summed E-state index contributed by atoms with van der Waals surface area (Å²) in [6.45, 7) is 7.44. The van der Waals surface area contributed by atoms with Gasteiger partial charge in [-0.3, -0.25) is 9.59 Å². The Morgan fingerprint density at radius 1 is 1.20 bits per heavy atom. The molecule has 0 aromatic rings. The van der Waals surface area contributed by atoms with Crippen molar-refractivity contribution in [2.45, 2.75) is 71.2 Å². The molecule has 6 atom stereocenters. The number of carbonyl (C=O) groups excluding carboxylic acids is 2. The number of ketones is 1. The van der Waals surface area contributed by atoms with Crippen molar-refractivity contribution >= 4 is 11.8 Å². The van der Waals surface area contributed by atoms with Gasteiger partial charge in [0.05, 0.1) is 12.0 Å². The molecule has 112 valence electrons. The molecule has 0 aromatic carbocycles. The van der Waals surface area contributed by atoms with Crippen LogP contribution in [0.25, 0.3) is 0 Å². The maximum atomic E-state index is 12.3. The Morgan fingerprint density at radius 3 is 2.50 bits per heavy atom. The highest BCUT2D eigenvalue weighted by Crippen LogP contribution is 2.68. The summed E-state index contributed by atoms with van der Waals surface area (Å²) in [6, 6.07) is 0. The summed E-state index contributed by atoms with van der Waals surface area (Å²) in [6.07, 6.45) is 3.84. The molecule has 0 bridgehead atoms. The largest absolute Gasteiger partial charge is 0.462 e. The van der Waals surface area contributed by atoms with Crippen LogP contribution in [0.4, 0.5) is 0 Å². The number of hydrogen-bond acceptors (Lipinski definition) is 4. The third-order valence-electron chi connectivity index (χ3n) is 6.19. The van der Waals surface area contributed by atoms with Gasteiger partial charge in [0.15, 0.2) is 0 Å². The first-order valence-electron chi connectivity index (χ1n) is 7.68. The average Bonchev–Trinajstić information content (AvgIpc) is 3.05. The molecule has 0 unspecified atom stereocenters. The van der Waals surface area contributed by atoms with Gasteiger partial charge in [0.2, 0.25) is 0 Å².